The van der Waals surface area contributed by atoms with E-state index < -0.39 is 15.8 Å². The summed E-state index contributed by atoms with van der Waals surface area (Å²) in [6.45, 7) is -0.172. The highest BCUT2D eigenvalue weighted by Gasteiger charge is 2.14. The van der Waals surface area contributed by atoms with Crippen LogP contribution < -0.4 is 10.5 Å². The number of aromatic nitrogens is 1. The SMILES string of the molecule is NC(=S)CNS(=O)(=O)c1cncc(F)c1. The first-order valence-electron chi connectivity index (χ1n) is 3.80. The molecule has 0 atom stereocenters. The monoisotopic (exact) mass is 249 g/mol. The first-order chi connectivity index (χ1) is 6.92. The minimum absolute atomic E-state index is 0.00272. The van der Waals surface area contributed by atoms with Crippen LogP contribution in [-0.2, 0) is 10.0 Å². The molecule has 0 unspecified atom stereocenters. The Bertz CT molecular complexity index is 475. The molecule has 0 aliphatic heterocycles. The third-order valence-electron chi connectivity index (χ3n) is 1.43. The van der Waals surface area contributed by atoms with E-state index >= 15 is 0 Å². The van der Waals surface area contributed by atoms with Gasteiger partial charge in [0.15, 0.2) is 0 Å². The van der Waals surface area contributed by atoms with Crippen molar-refractivity contribution in [3.8, 4) is 0 Å². The van der Waals surface area contributed by atoms with Crippen molar-refractivity contribution in [3.63, 3.8) is 0 Å². The van der Waals surface area contributed by atoms with Gasteiger partial charge in [-0.05, 0) is 6.07 Å². The van der Waals surface area contributed by atoms with Gasteiger partial charge < -0.3 is 5.73 Å². The van der Waals surface area contributed by atoms with Crippen molar-refractivity contribution in [1.29, 1.82) is 0 Å². The molecule has 82 valence electrons. The highest BCUT2D eigenvalue weighted by Crippen LogP contribution is 2.07. The zero-order chi connectivity index (χ0) is 11.5. The highest BCUT2D eigenvalue weighted by atomic mass is 32.2. The van der Waals surface area contributed by atoms with Crippen molar-refractivity contribution in [2.24, 2.45) is 5.73 Å². The van der Waals surface area contributed by atoms with E-state index in [2.05, 4.69) is 21.9 Å². The number of rotatable bonds is 4. The Hall–Kier alpha value is -1.12. The Balaban J connectivity index is 2.91. The Morgan fingerprint density at radius 3 is 2.80 bits per heavy atom. The molecule has 3 N–H and O–H groups in total. The molecule has 0 radical (unpaired) electrons. The van der Waals surface area contributed by atoms with E-state index in [0.29, 0.717) is 0 Å². The molecule has 1 heterocycles. The second-order valence-corrected chi connectivity index (χ2v) is 4.92. The van der Waals surface area contributed by atoms with Gasteiger partial charge in [0.25, 0.3) is 0 Å². The van der Waals surface area contributed by atoms with Crippen LogP contribution in [0.4, 0.5) is 4.39 Å². The van der Waals surface area contributed by atoms with E-state index in [9.17, 15) is 12.8 Å². The van der Waals surface area contributed by atoms with Crippen LogP contribution in [0.15, 0.2) is 23.4 Å². The zero-order valence-electron chi connectivity index (χ0n) is 7.47. The Morgan fingerprint density at radius 2 is 2.27 bits per heavy atom. The Labute approximate surface area is 91.6 Å². The summed E-state index contributed by atoms with van der Waals surface area (Å²) in [5, 5.41) is 0. The smallest absolute Gasteiger partial charge is 0.242 e. The van der Waals surface area contributed by atoms with Crippen LogP contribution in [0.3, 0.4) is 0 Å². The Kier molecular flexibility index (Phi) is 3.66. The van der Waals surface area contributed by atoms with Gasteiger partial charge in [0.2, 0.25) is 10.0 Å². The van der Waals surface area contributed by atoms with Crippen LogP contribution in [0.2, 0.25) is 0 Å². The summed E-state index contributed by atoms with van der Waals surface area (Å²) in [4.78, 5) is 3.16. The second-order valence-electron chi connectivity index (χ2n) is 2.63. The van der Waals surface area contributed by atoms with Gasteiger partial charge >= 0.3 is 0 Å². The van der Waals surface area contributed by atoms with Crippen LogP contribution in [-0.4, -0.2) is 24.9 Å². The molecule has 0 saturated heterocycles. The van der Waals surface area contributed by atoms with Crippen LogP contribution in [0.5, 0.6) is 0 Å². The standard InChI is InChI=1S/C7H8FN3O2S2/c8-5-1-6(3-10-2-5)15(12,13)11-4-7(9)14/h1-3,11H,4H2,(H2,9,14). The van der Waals surface area contributed by atoms with Crippen LogP contribution in [0.1, 0.15) is 0 Å². The van der Waals surface area contributed by atoms with Crippen molar-refractivity contribution in [2.75, 3.05) is 6.54 Å². The molecule has 0 aliphatic rings. The number of nitrogens with one attached hydrogen (secondary N) is 1. The zero-order valence-corrected chi connectivity index (χ0v) is 9.11. The van der Waals surface area contributed by atoms with Crippen LogP contribution in [0.25, 0.3) is 0 Å². The van der Waals surface area contributed by atoms with E-state index in [1.165, 1.54) is 0 Å². The van der Waals surface area contributed by atoms with Gasteiger partial charge in [0.1, 0.15) is 10.7 Å². The highest BCUT2D eigenvalue weighted by molar-refractivity contribution is 7.89. The molecule has 0 fully saturated rings. The molecule has 1 rings (SSSR count). The lowest BCUT2D eigenvalue weighted by atomic mass is 10.5. The molecule has 1 aromatic heterocycles. The molecule has 0 saturated carbocycles. The average molecular weight is 249 g/mol. The minimum atomic E-state index is -3.80. The number of nitrogens with zero attached hydrogens (tertiary/aromatic N) is 1. The lowest BCUT2D eigenvalue weighted by molar-refractivity contribution is 0.580. The van der Waals surface area contributed by atoms with Crippen molar-refractivity contribution in [2.45, 2.75) is 4.90 Å². The van der Waals surface area contributed by atoms with Gasteiger partial charge in [-0.25, -0.2) is 17.5 Å². The van der Waals surface area contributed by atoms with Gasteiger partial charge in [0.05, 0.1) is 17.7 Å². The van der Waals surface area contributed by atoms with Crippen molar-refractivity contribution in [3.05, 3.63) is 24.3 Å². The molecule has 0 spiro atoms. The summed E-state index contributed by atoms with van der Waals surface area (Å²) in [7, 11) is -3.80. The first kappa shape index (κ1) is 12.0. The second kappa shape index (κ2) is 4.60. The molecule has 0 bridgehead atoms. The summed E-state index contributed by atoms with van der Waals surface area (Å²) < 4.78 is 37.7. The van der Waals surface area contributed by atoms with Crippen molar-refractivity contribution < 1.29 is 12.8 Å². The molecular weight excluding hydrogens is 241 g/mol. The maximum absolute atomic E-state index is 12.7. The maximum Gasteiger partial charge on any atom is 0.242 e. The fourth-order valence-corrected chi connectivity index (χ4v) is 1.93. The molecule has 0 amide bonds. The summed E-state index contributed by atoms with van der Waals surface area (Å²) in [5.41, 5.74) is 5.12. The molecule has 15 heavy (non-hydrogen) atoms. The normalized spacial score (nSPS) is 11.3. The number of hydrogen-bond donors (Lipinski definition) is 2. The Morgan fingerprint density at radius 1 is 1.60 bits per heavy atom. The third kappa shape index (κ3) is 3.50. The minimum Gasteiger partial charge on any atom is -0.392 e. The number of halogens is 1. The molecule has 0 aromatic carbocycles. The van der Waals surface area contributed by atoms with E-state index in [4.69, 9.17) is 5.73 Å². The third-order valence-corrected chi connectivity index (χ3v) is 2.94. The topological polar surface area (TPSA) is 85.1 Å². The first-order valence-corrected chi connectivity index (χ1v) is 5.69. The maximum atomic E-state index is 12.7. The van der Waals surface area contributed by atoms with Crippen LogP contribution in [0, 0.1) is 5.82 Å². The molecule has 1 aromatic rings. The number of hydrogen-bond acceptors (Lipinski definition) is 4. The van der Waals surface area contributed by atoms with Crippen LogP contribution >= 0.6 is 12.2 Å². The number of nitrogens with two attached hydrogens (primary N) is 1. The predicted octanol–water partition coefficient (Wildman–Crippen LogP) is -0.215. The van der Waals surface area contributed by atoms with Gasteiger partial charge in [-0.2, -0.15) is 0 Å². The molecule has 5 nitrogen and oxygen atoms in total. The van der Waals surface area contributed by atoms with E-state index in [0.717, 1.165) is 18.5 Å². The average Bonchev–Trinajstić information content (AvgIpc) is 2.15. The summed E-state index contributed by atoms with van der Waals surface area (Å²) in [6.07, 6.45) is 1.94. The van der Waals surface area contributed by atoms with E-state index in [1.54, 1.807) is 0 Å². The van der Waals surface area contributed by atoms with E-state index in [-0.39, 0.29) is 16.4 Å². The lowest BCUT2D eigenvalue weighted by Crippen LogP contribution is -2.32. The largest absolute Gasteiger partial charge is 0.392 e. The van der Waals surface area contributed by atoms with E-state index in [1.807, 2.05) is 0 Å². The van der Waals surface area contributed by atoms with Crippen molar-refractivity contribution in [1.82, 2.24) is 9.71 Å². The lowest BCUT2D eigenvalue weighted by Gasteiger charge is -2.04. The fraction of sp³-hybridized carbons (Fsp3) is 0.143. The number of sulfonamides is 1. The molecular formula is C7H8FN3O2S2. The van der Waals surface area contributed by atoms with Gasteiger partial charge in [-0.3, -0.25) is 4.98 Å². The predicted molar refractivity (Wildman–Crippen MR) is 56.2 cm³/mol. The summed E-state index contributed by atoms with van der Waals surface area (Å²) in [6, 6.07) is 0.856. The molecule has 0 aliphatic carbocycles. The summed E-state index contributed by atoms with van der Waals surface area (Å²) >= 11 is 4.50. The van der Waals surface area contributed by atoms with Gasteiger partial charge in [0, 0.05) is 6.20 Å². The fourth-order valence-electron chi connectivity index (χ4n) is 0.789. The van der Waals surface area contributed by atoms with Crippen molar-refractivity contribution >= 4 is 27.2 Å². The quantitative estimate of drug-likeness (QED) is 0.721. The van der Waals surface area contributed by atoms with Gasteiger partial charge in [-0.15, -0.1) is 0 Å². The molecule has 8 heteroatoms. The van der Waals surface area contributed by atoms with Gasteiger partial charge in [-0.1, -0.05) is 12.2 Å². The summed E-state index contributed by atoms with van der Waals surface area (Å²) in [5.74, 6) is -0.729. The number of thiocarbonyl (C=S) groups is 1. The number of pyridine rings is 1.